The van der Waals surface area contributed by atoms with E-state index in [2.05, 4.69) is 4.98 Å². The number of nitrogens with zero attached hydrogens (tertiary/aromatic N) is 1. The Morgan fingerprint density at radius 3 is 2.59 bits per heavy atom. The van der Waals surface area contributed by atoms with Gasteiger partial charge in [0.15, 0.2) is 11.4 Å². The second-order valence-corrected chi connectivity index (χ2v) is 5.85. The summed E-state index contributed by atoms with van der Waals surface area (Å²) >= 11 is 0. The van der Waals surface area contributed by atoms with Crippen molar-refractivity contribution in [2.24, 2.45) is 0 Å². The van der Waals surface area contributed by atoms with Crippen LogP contribution < -0.4 is 4.74 Å². The first-order valence-corrected chi connectivity index (χ1v) is 8.63. The van der Waals surface area contributed by atoms with Crippen LogP contribution in [0.15, 0.2) is 75.8 Å². The van der Waals surface area contributed by atoms with E-state index in [1.54, 1.807) is 48.7 Å². The molecule has 0 aliphatic rings. The number of ketones is 1. The molecule has 0 aliphatic heterocycles. The van der Waals surface area contributed by atoms with Crippen LogP contribution in [0.2, 0.25) is 0 Å². The predicted octanol–water partition coefficient (Wildman–Crippen LogP) is 5.24. The average molecular weight is 359 g/mol. The number of oxazole rings is 1. The van der Waals surface area contributed by atoms with E-state index in [0.717, 1.165) is 0 Å². The summed E-state index contributed by atoms with van der Waals surface area (Å²) in [5.74, 6) is 1.31. The Kier molecular flexibility index (Phi) is 4.58. The van der Waals surface area contributed by atoms with Crippen LogP contribution in [0.4, 0.5) is 0 Å². The molecule has 0 saturated heterocycles. The lowest BCUT2D eigenvalue weighted by Crippen LogP contribution is -2.03. The monoisotopic (exact) mass is 359 g/mol. The predicted molar refractivity (Wildman–Crippen MR) is 103 cm³/mol. The summed E-state index contributed by atoms with van der Waals surface area (Å²) in [6.45, 7) is 2.48. The maximum Gasteiger partial charge on any atom is 0.231 e. The third-order valence-corrected chi connectivity index (χ3v) is 4.03. The van der Waals surface area contributed by atoms with Crippen molar-refractivity contribution in [3.05, 3.63) is 84.1 Å². The molecule has 5 nitrogen and oxygen atoms in total. The molecule has 0 unspecified atom stereocenters. The molecule has 0 N–H and O–H groups in total. The maximum atomic E-state index is 13.2. The Labute approximate surface area is 155 Å². The van der Waals surface area contributed by atoms with Gasteiger partial charge in [0, 0.05) is 5.56 Å². The topological polar surface area (TPSA) is 65.5 Å². The van der Waals surface area contributed by atoms with E-state index >= 15 is 0 Å². The van der Waals surface area contributed by atoms with Crippen LogP contribution in [-0.4, -0.2) is 17.4 Å². The Hall–Kier alpha value is -3.60. The quantitative estimate of drug-likeness (QED) is 0.348. The van der Waals surface area contributed by atoms with Gasteiger partial charge in [-0.15, -0.1) is 0 Å². The lowest BCUT2D eigenvalue weighted by molar-refractivity contribution is 0.105. The van der Waals surface area contributed by atoms with Gasteiger partial charge >= 0.3 is 0 Å². The van der Waals surface area contributed by atoms with Crippen molar-refractivity contribution in [1.82, 2.24) is 4.98 Å². The zero-order valence-electron chi connectivity index (χ0n) is 14.7. The Morgan fingerprint density at radius 1 is 1.07 bits per heavy atom. The van der Waals surface area contributed by atoms with Crippen LogP contribution in [0, 0.1) is 0 Å². The van der Waals surface area contributed by atoms with Crippen molar-refractivity contribution in [3.63, 3.8) is 0 Å². The van der Waals surface area contributed by atoms with Crippen LogP contribution in [0.5, 0.6) is 5.75 Å². The maximum absolute atomic E-state index is 13.2. The fourth-order valence-electron chi connectivity index (χ4n) is 2.75. The average Bonchev–Trinajstić information content (AvgIpc) is 3.35. The van der Waals surface area contributed by atoms with Gasteiger partial charge in [0.25, 0.3) is 0 Å². The smallest absolute Gasteiger partial charge is 0.231 e. The molecule has 0 radical (unpaired) electrons. The first-order chi connectivity index (χ1) is 13.2. The summed E-state index contributed by atoms with van der Waals surface area (Å²) in [5.41, 5.74) is 2.15. The summed E-state index contributed by atoms with van der Waals surface area (Å²) in [7, 11) is 0. The molecule has 2 aromatic heterocycles. The number of para-hydroxylation sites is 2. The van der Waals surface area contributed by atoms with Gasteiger partial charge in [-0.1, -0.05) is 12.1 Å². The van der Waals surface area contributed by atoms with Crippen LogP contribution in [0.3, 0.4) is 0 Å². The number of hydrogen-bond acceptors (Lipinski definition) is 5. The standard InChI is InChI=1S/C22H17NO4/c1-2-25-16-11-9-15(10-12-16)21(24)18(14-17-6-5-13-26-17)22-23-19-7-3-4-8-20(19)27-22/h3-14H,2H2,1H3/b18-14-. The van der Waals surface area contributed by atoms with Gasteiger partial charge in [-0.25, -0.2) is 4.98 Å². The Balaban J connectivity index is 1.76. The molecule has 0 atom stereocenters. The largest absolute Gasteiger partial charge is 0.494 e. The molecule has 0 amide bonds. The highest BCUT2D eigenvalue weighted by molar-refractivity contribution is 6.31. The van der Waals surface area contributed by atoms with E-state index in [0.29, 0.717) is 40.4 Å². The molecular weight excluding hydrogens is 342 g/mol. The third kappa shape index (κ3) is 3.53. The summed E-state index contributed by atoms with van der Waals surface area (Å²) < 4.78 is 16.6. The zero-order chi connectivity index (χ0) is 18.6. The van der Waals surface area contributed by atoms with Gasteiger partial charge < -0.3 is 13.6 Å². The molecule has 134 valence electrons. The summed E-state index contributed by atoms with van der Waals surface area (Å²) in [4.78, 5) is 17.6. The van der Waals surface area contributed by atoms with Crippen molar-refractivity contribution >= 4 is 28.5 Å². The number of fused-ring (bicyclic) bond motifs is 1. The van der Waals surface area contributed by atoms with E-state index < -0.39 is 0 Å². The molecule has 2 aromatic carbocycles. The molecule has 0 aliphatic carbocycles. The van der Waals surface area contributed by atoms with Gasteiger partial charge in [0.05, 0.1) is 18.4 Å². The highest BCUT2D eigenvalue weighted by atomic mass is 16.5. The number of ether oxygens (including phenoxy) is 1. The SMILES string of the molecule is CCOc1ccc(C(=O)/C(=C/c2ccco2)c2nc3ccccc3o2)cc1. The molecule has 0 fully saturated rings. The summed E-state index contributed by atoms with van der Waals surface area (Å²) in [5, 5.41) is 0. The van der Waals surface area contributed by atoms with Gasteiger partial charge in [-0.3, -0.25) is 4.79 Å². The van der Waals surface area contributed by atoms with Crippen molar-refractivity contribution in [2.75, 3.05) is 6.61 Å². The highest BCUT2D eigenvalue weighted by Gasteiger charge is 2.20. The number of aromatic nitrogens is 1. The Bertz CT molecular complexity index is 1060. The lowest BCUT2D eigenvalue weighted by atomic mass is 10.0. The molecule has 2 heterocycles. The highest BCUT2D eigenvalue weighted by Crippen LogP contribution is 2.27. The fraction of sp³-hybridized carbons (Fsp3) is 0.0909. The molecule has 0 saturated carbocycles. The van der Waals surface area contributed by atoms with Crippen LogP contribution in [-0.2, 0) is 0 Å². The van der Waals surface area contributed by atoms with Crippen molar-refractivity contribution in [1.29, 1.82) is 0 Å². The van der Waals surface area contributed by atoms with Gasteiger partial charge in [0.2, 0.25) is 5.89 Å². The Morgan fingerprint density at radius 2 is 1.89 bits per heavy atom. The molecular formula is C22H17NO4. The van der Waals surface area contributed by atoms with Crippen LogP contribution in [0.1, 0.15) is 28.9 Å². The normalized spacial score (nSPS) is 11.7. The van der Waals surface area contributed by atoms with Gasteiger partial charge in [0.1, 0.15) is 17.0 Å². The number of hydrogen-bond donors (Lipinski definition) is 0. The minimum atomic E-state index is -0.207. The van der Waals surface area contributed by atoms with Gasteiger partial charge in [-0.05, 0) is 61.5 Å². The van der Waals surface area contributed by atoms with E-state index in [9.17, 15) is 4.79 Å². The second kappa shape index (κ2) is 7.33. The molecule has 4 rings (SSSR count). The summed E-state index contributed by atoms with van der Waals surface area (Å²) in [6.07, 6.45) is 3.19. The van der Waals surface area contributed by atoms with Crippen molar-refractivity contribution in [3.8, 4) is 5.75 Å². The number of rotatable bonds is 6. The van der Waals surface area contributed by atoms with Crippen LogP contribution in [0.25, 0.3) is 22.7 Å². The number of benzene rings is 2. The molecule has 27 heavy (non-hydrogen) atoms. The van der Waals surface area contributed by atoms with Gasteiger partial charge in [-0.2, -0.15) is 0 Å². The molecule has 0 bridgehead atoms. The van der Waals surface area contributed by atoms with E-state index in [4.69, 9.17) is 13.6 Å². The second-order valence-electron chi connectivity index (χ2n) is 5.85. The number of Topliss-reactive ketones (excluding diaryl/α,β-unsaturated/α-hetero) is 1. The number of carbonyl (C=O) groups is 1. The first-order valence-electron chi connectivity index (χ1n) is 8.63. The zero-order valence-corrected chi connectivity index (χ0v) is 14.7. The van der Waals surface area contributed by atoms with Crippen molar-refractivity contribution in [2.45, 2.75) is 6.92 Å². The molecule has 4 aromatic rings. The van der Waals surface area contributed by atoms with Crippen molar-refractivity contribution < 1.29 is 18.4 Å². The molecule has 5 heteroatoms. The van der Waals surface area contributed by atoms with E-state index in [1.165, 1.54) is 0 Å². The minimum Gasteiger partial charge on any atom is -0.494 e. The first kappa shape index (κ1) is 16.8. The lowest BCUT2D eigenvalue weighted by Gasteiger charge is -2.05. The fourth-order valence-corrected chi connectivity index (χ4v) is 2.75. The number of allylic oxidation sites excluding steroid dienone is 1. The summed E-state index contributed by atoms with van der Waals surface area (Å²) in [6, 6.07) is 17.9. The van der Waals surface area contributed by atoms with E-state index in [1.807, 2.05) is 31.2 Å². The third-order valence-electron chi connectivity index (χ3n) is 4.03. The minimum absolute atomic E-state index is 0.207. The number of furan rings is 1. The van der Waals surface area contributed by atoms with Crippen LogP contribution >= 0.6 is 0 Å². The molecule has 0 spiro atoms. The van der Waals surface area contributed by atoms with E-state index in [-0.39, 0.29) is 11.7 Å². The number of carbonyl (C=O) groups excluding carboxylic acids is 1.